The zero-order valence-corrected chi connectivity index (χ0v) is 24.4. The zero-order chi connectivity index (χ0) is 30.2. The highest BCUT2D eigenvalue weighted by Crippen LogP contribution is 2.49. The number of fused-ring (bicyclic) bond motifs is 4. The highest BCUT2D eigenvalue weighted by Gasteiger charge is 2.43. The molecular weight excluding hydrogens is 575 g/mol. The van der Waals surface area contributed by atoms with E-state index in [-0.39, 0.29) is 22.4 Å². The van der Waals surface area contributed by atoms with Gasteiger partial charge in [-0.15, -0.1) is 0 Å². The normalized spacial score (nSPS) is 15.4. The van der Waals surface area contributed by atoms with Gasteiger partial charge in [-0.1, -0.05) is 67.4 Å². The molecule has 1 amide bonds. The lowest BCUT2D eigenvalue weighted by molar-refractivity contribution is -0.137. The molecule has 10 heteroatoms. The number of alkyl halides is 3. The molecule has 2 aliphatic rings. The van der Waals surface area contributed by atoms with Crippen LogP contribution in [0.2, 0.25) is 0 Å². The van der Waals surface area contributed by atoms with Gasteiger partial charge < -0.3 is 10.1 Å². The summed E-state index contributed by atoms with van der Waals surface area (Å²) in [5, 5.41) is 2.86. The van der Waals surface area contributed by atoms with E-state index in [0.29, 0.717) is 27.9 Å². The Morgan fingerprint density at radius 1 is 1.02 bits per heavy atom. The number of anilines is 1. The fourth-order valence-electron chi connectivity index (χ4n) is 6.36. The highest BCUT2D eigenvalue weighted by molar-refractivity contribution is 7.99. The van der Waals surface area contributed by atoms with Crippen LogP contribution in [0.25, 0.3) is 16.9 Å². The number of ether oxygens (including phenoxy) is 1. The van der Waals surface area contributed by atoms with Crippen LogP contribution in [0.1, 0.15) is 48.8 Å². The summed E-state index contributed by atoms with van der Waals surface area (Å²) in [7, 11) is 1.55. The standard InChI is InChI=1S/C33H30F3N3O3S/c1-42-25-13-8-12-24(18-25)39-30(41)28-29(26-14-4-3-9-21(26)19-32(28)15-5-2-6-16-32)38-31(39)43-20-27(40)37-23-11-7-10-22(17-23)33(34,35)36/h3-4,7-14,17-18H,2,5-6,15-16,19-20H2,1H3,(H,37,40). The van der Waals surface area contributed by atoms with Crippen molar-refractivity contribution in [3.8, 4) is 22.7 Å². The molecule has 0 saturated heterocycles. The van der Waals surface area contributed by atoms with Gasteiger partial charge in [0.25, 0.3) is 5.56 Å². The molecule has 1 heterocycles. The minimum absolute atomic E-state index is 0.0391. The molecule has 2 aliphatic carbocycles. The van der Waals surface area contributed by atoms with E-state index in [2.05, 4.69) is 11.4 Å². The molecule has 0 unspecified atom stereocenters. The number of nitrogens with zero attached hydrogens (tertiary/aromatic N) is 2. The first kappa shape index (κ1) is 29.0. The molecule has 1 spiro atoms. The van der Waals surface area contributed by atoms with Gasteiger partial charge in [0.2, 0.25) is 5.91 Å². The third-order valence-corrected chi connectivity index (χ3v) is 9.25. The van der Waals surface area contributed by atoms with E-state index in [0.717, 1.165) is 73.5 Å². The van der Waals surface area contributed by atoms with Crippen molar-refractivity contribution < 1.29 is 22.7 Å². The van der Waals surface area contributed by atoms with E-state index in [1.165, 1.54) is 12.1 Å². The first-order valence-electron chi connectivity index (χ1n) is 14.2. The number of hydrogen-bond donors (Lipinski definition) is 1. The number of halogens is 3. The second-order valence-corrected chi connectivity index (χ2v) is 12.0. The molecule has 1 N–H and O–H groups in total. The molecule has 43 heavy (non-hydrogen) atoms. The van der Waals surface area contributed by atoms with Crippen LogP contribution in [0.3, 0.4) is 0 Å². The van der Waals surface area contributed by atoms with Crippen LogP contribution in [-0.4, -0.2) is 28.3 Å². The minimum atomic E-state index is -4.53. The number of thioether (sulfide) groups is 1. The van der Waals surface area contributed by atoms with E-state index in [1.807, 2.05) is 18.2 Å². The number of carbonyl (C=O) groups is 1. The Labute approximate surface area is 251 Å². The van der Waals surface area contributed by atoms with Gasteiger partial charge in [0, 0.05) is 22.7 Å². The summed E-state index contributed by atoms with van der Waals surface area (Å²) >= 11 is 1.07. The Morgan fingerprint density at radius 3 is 2.56 bits per heavy atom. The van der Waals surface area contributed by atoms with Gasteiger partial charge in [-0.25, -0.2) is 4.98 Å². The molecule has 0 atom stereocenters. The molecule has 0 bridgehead atoms. The Morgan fingerprint density at radius 2 is 1.79 bits per heavy atom. The van der Waals surface area contributed by atoms with Crippen molar-refractivity contribution in [2.24, 2.45) is 0 Å². The van der Waals surface area contributed by atoms with E-state index < -0.39 is 17.6 Å². The maximum absolute atomic E-state index is 14.6. The number of methoxy groups -OCH3 is 1. The highest BCUT2D eigenvalue weighted by atomic mass is 32.2. The summed E-state index contributed by atoms with van der Waals surface area (Å²) in [4.78, 5) is 32.7. The van der Waals surface area contributed by atoms with Crippen molar-refractivity contribution in [1.82, 2.24) is 9.55 Å². The molecule has 1 aromatic heterocycles. The predicted molar refractivity (Wildman–Crippen MR) is 161 cm³/mol. The lowest BCUT2D eigenvalue weighted by atomic mass is 9.62. The van der Waals surface area contributed by atoms with Crippen LogP contribution in [0.15, 0.2) is 82.7 Å². The Bertz CT molecular complexity index is 1750. The number of aromatic nitrogens is 2. The first-order chi connectivity index (χ1) is 20.7. The summed E-state index contributed by atoms with van der Waals surface area (Å²) in [5.74, 6) is -0.117. The van der Waals surface area contributed by atoms with Gasteiger partial charge in [0.05, 0.1) is 35.4 Å². The van der Waals surface area contributed by atoms with Crippen LogP contribution in [-0.2, 0) is 22.8 Å². The number of nitrogens with one attached hydrogen (secondary N) is 1. The van der Waals surface area contributed by atoms with Crippen molar-refractivity contribution in [2.45, 2.75) is 55.3 Å². The topological polar surface area (TPSA) is 73.2 Å². The third-order valence-electron chi connectivity index (χ3n) is 8.31. The number of carbonyl (C=O) groups excluding carboxylic acids is 1. The third kappa shape index (κ3) is 5.68. The molecule has 0 aliphatic heterocycles. The quantitative estimate of drug-likeness (QED) is 0.183. The van der Waals surface area contributed by atoms with Crippen molar-refractivity contribution in [1.29, 1.82) is 0 Å². The SMILES string of the molecule is COc1cccc(-n2c(SCC(=O)Nc3cccc(C(F)(F)F)c3)nc3c(c2=O)C2(CCCCC2)Cc2ccccc2-3)c1. The van der Waals surface area contributed by atoms with Crippen LogP contribution in [0, 0.1) is 0 Å². The fraction of sp³-hybridized carbons (Fsp3) is 0.303. The minimum Gasteiger partial charge on any atom is -0.497 e. The molecule has 1 fully saturated rings. The second kappa shape index (κ2) is 11.6. The molecular formula is C33H30F3N3O3S. The lowest BCUT2D eigenvalue weighted by Gasteiger charge is -2.42. The van der Waals surface area contributed by atoms with E-state index in [1.54, 1.807) is 35.9 Å². The molecule has 4 aromatic rings. The van der Waals surface area contributed by atoms with Crippen LogP contribution in [0.5, 0.6) is 5.75 Å². The van der Waals surface area contributed by atoms with Gasteiger partial charge in [-0.05, 0) is 55.2 Å². The predicted octanol–water partition coefficient (Wildman–Crippen LogP) is 7.42. The van der Waals surface area contributed by atoms with Gasteiger partial charge in [0.1, 0.15) is 5.75 Å². The van der Waals surface area contributed by atoms with E-state index in [4.69, 9.17) is 9.72 Å². The van der Waals surface area contributed by atoms with Crippen molar-refractivity contribution in [2.75, 3.05) is 18.2 Å². The second-order valence-electron chi connectivity index (χ2n) is 11.1. The number of rotatable bonds is 6. The first-order valence-corrected chi connectivity index (χ1v) is 15.2. The van der Waals surface area contributed by atoms with Gasteiger partial charge in [-0.2, -0.15) is 13.2 Å². The Kier molecular flexibility index (Phi) is 7.81. The number of amides is 1. The molecule has 6 rings (SSSR count). The van der Waals surface area contributed by atoms with Gasteiger partial charge in [-0.3, -0.25) is 14.2 Å². The lowest BCUT2D eigenvalue weighted by Crippen LogP contribution is -2.43. The zero-order valence-electron chi connectivity index (χ0n) is 23.5. The van der Waals surface area contributed by atoms with Crippen LogP contribution >= 0.6 is 11.8 Å². The largest absolute Gasteiger partial charge is 0.497 e. The van der Waals surface area contributed by atoms with Crippen LogP contribution in [0.4, 0.5) is 18.9 Å². The summed E-state index contributed by atoms with van der Waals surface area (Å²) in [6, 6.07) is 19.7. The van der Waals surface area contributed by atoms with Gasteiger partial charge >= 0.3 is 6.18 Å². The monoisotopic (exact) mass is 605 g/mol. The Hall–Kier alpha value is -4.05. The molecule has 1 saturated carbocycles. The van der Waals surface area contributed by atoms with Crippen molar-refractivity contribution in [3.05, 3.63) is 99.8 Å². The summed E-state index contributed by atoms with van der Waals surface area (Å²) in [6.07, 6.45) is 1.24. The maximum Gasteiger partial charge on any atom is 0.416 e. The van der Waals surface area contributed by atoms with Crippen LogP contribution < -0.4 is 15.6 Å². The molecule has 6 nitrogen and oxygen atoms in total. The summed E-state index contributed by atoms with van der Waals surface area (Å²) < 4.78 is 46.5. The number of benzene rings is 3. The van der Waals surface area contributed by atoms with E-state index in [9.17, 15) is 22.8 Å². The average molecular weight is 606 g/mol. The summed E-state index contributed by atoms with van der Waals surface area (Å²) in [6.45, 7) is 0. The van der Waals surface area contributed by atoms with Crippen molar-refractivity contribution >= 4 is 23.4 Å². The average Bonchev–Trinajstić information content (AvgIpc) is 3.00. The van der Waals surface area contributed by atoms with E-state index >= 15 is 0 Å². The number of hydrogen-bond acceptors (Lipinski definition) is 5. The van der Waals surface area contributed by atoms with Crippen molar-refractivity contribution in [3.63, 3.8) is 0 Å². The molecule has 3 aromatic carbocycles. The molecule has 0 radical (unpaired) electrons. The smallest absolute Gasteiger partial charge is 0.416 e. The summed E-state index contributed by atoms with van der Waals surface area (Å²) in [5.41, 5.74) is 2.69. The fourth-order valence-corrected chi connectivity index (χ4v) is 7.17. The van der Waals surface area contributed by atoms with Gasteiger partial charge in [0.15, 0.2) is 5.16 Å². The molecule has 222 valence electrons. The maximum atomic E-state index is 14.6. The Balaban J connectivity index is 1.43.